The topological polar surface area (TPSA) is 45.9 Å². The normalized spacial score (nSPS) is 14.6. The van der Waals surface area contributed by atoms with Gasteiger partial charge in [-0.15, -0.1) is 0 Å². The molecule has 0 atom stereocenters. The van der Waals surface area contributed by atoms with Gasteiger partial charge in [0.15, 0.2) is 5.76 Å². The zero-order chi connectivity index (χ0) is 19.8. The average Bonchev–Trinajstić information content (AvgIpc) is 3.07. The molecule has 2 heterocycles. The van der Waals surface area contributed by atoms with Crippen molar-refractivity contribution in [3.63, 3.8) is 0 Å². The number of methoxy groups -OCH3 is 1. The molecule has 28 heavy (non-hydrogen) atoms. The molecular weight excluding hydrogens is 352 g/mol. The molecule has 0 bridgehead atoms. The van der Waals surface area contributed by atoms with Crippen molar-refractivity contribution in [1.29, 1.82) is 0 Å². The van der Waals surface area contributed by atoms with Crippen LogP contribution >= 0.6 is 0 Å². The van der Waals surface area contributed by atoms with Crippen LogP contribution in [0.3, 0.4) is 0 Å². The van der Waals surface area contributed by atoms with Crippen LogP contribution in [-0.2, 0) is 0 Å². The lowest BCUT2D eigenvalue weighted by Gasteiger charge is -2.36. The molecule has 0 spiro atoms. The van der Waals surface area contributed by atoms with E-state index in [4.69, 9.17) is 9.15 Å². The fourth-order valence-electron chi connectivity index (χ4n) is 3.91. The molecule has 146 valence electrons. The van der Waals surface area contributed by atoms with Crippen LogP contribution in [0.1, 0.15) is 27.2 Å². The number of hydrogen-bond donors (Lipinski definition) is 0. The zero-order valence-corrected chi connectivity index (χ0v) is 16.9. The monoisotopic (exact) mass is 378 g/mol. The number of ether oxygens (including phenoxy) is 1. The van der Waals surface area contributed by atoms with Crippen molar-refractivity contribution >= 4 is 22.6 Å². The number of anilines is 1. The van der Waals surface area contributed by atoms with Gasteiger partial charge in [-0.25, -0.2) is 0 Å². The first-order chi connectivity index (χ1) is 13.5. The first-order valence-corrected chi connectivity index (χ1v) is 9.67. The van der Waals surface area contributed by atoms with Gasteiger partial charge in [0, 0.05) is 37.1 Å². The van der Waals surface area contributed by atoms with Crippen LogP contribution in [0, 0.1) is 20.8 Å². The fourth-order valence-corrected chi connectivity index (χ4v) is 3.91. The van der Waals surface area contributed by atoms with Gasteiger partial charge in [-0.2, -0.15) is 0 Å². The number of piperazine rings is 1. The molecule has 3 aromatic rings. The highest BCUT2D eigenvalue weighted by molar-refractivity contribution is 5.99. The molecule has 4 rings (SSSR count). The highest BCUT2D eigenvalue weighted by Crippen LogP contribution is 2.31. The highest BCUT2D eigenvalue weighted by Gasteiger charge is 2.28. The van der Waals surface area contributed by atoms with Gasteiger partial charge in [0.1, 0.15) is 11.3 Å². The van der Waals surface area contributed by atoms with E-state index in [0.29, 0.717) is 18.8 Å². The van der Waals surface area contributed by atoms with Crippen molar-refractivity contribution in [2.24, 2.45) is 0 Å². The number of carbonyl (C=O) groups excluding carboxylic acids is 1. The maximum absolute atomic E-state index is 13.1. The van der Waals surface area contributed by atoms with E-state index in [1.165, 1.54) is 5.56 Å². The largest absolute Gasteiger partial charge is 0.495 e. The molecule has 0 unspecified atom stereocenters. The Labute approximate surface area is 165 Å². The van der Waals surface area contributed by atoms with E-state index in [1.54, 1.807) is 7.11 Å². The third kappa shape index (κ3) is 3.01. The number of para-hydroxylation sites is 2. The average molecular weight is 378 g/mol. The Morgan fingerprint density at radius 1 is 0.964 bits per heavy atom. The van der Waals surface area contributed by atoms with Gasteiger partial charge >= 0.3 is 0 Å². The minimum Gasteiger partial charge on any atom is -0.495 e. The summed E-state index contributed by atoms with van der Waals surface area (Å²) in [7, 11) is 1.69. The molecular formula is C23H26N2O3. The number of nitrogens with zero attached hydrogens (tertiary/aromatic N) is 2. The standard InChI is InChI=1S/C23H26N2O3/c1-15-9-10-18-17(3)22(28-21(18)16(15)2)23(26)25-13-11-24(12-14-25)19-7-5-6-8-20(19)27-4/h5-10H,11-14H2,1-4H3. The lowest BCUT2D eigenvalue weighted by Crippen LogP contribution is -2.48. The summed E-state index contributed by atoms with van der Waals surface area (Å²) in [5.41, 5.74) is 5.10. The van der Waals surface area contributed by atoms with Gasteiger partial charge in [-0.3, -0.25) is 4.79 Å². The maximum atomic E-state index is 13.1. The number of aryl methyl sites for hydroxylation is 3. The smallest absolute Gasteiger partial charge is 0.290 e. The van der Waals surface area contributed by atoms with E-state index in [-0.39, 0.29) is 5.91 Å². The van der Waals surface area contributed by atoms with Crippen molar-refractivity contribution in [3.8, 4) is 5.75 Å². The number of fused-ring (bicyclic) bond motifs is 1. The highest BCUT2D eigenvalue weighted by atomic mass is 16.5. The molecule has 1 amide bonds. The van der Waals surface area contributed by atoms with Crippen molar-refractivity contribution in [3.05, 3.63) is 58.8 Å². The number of amides is 1. The van der Waals surface area contributed by atoms with Gasteiger partial charge in [0.25, 0.3) is 5.91 Å². The van der Waals surface area contributed by atoms with Crippen LogP contribution in [0.25, 0.3) is 11.0 Å². The first-order valence-electron chi connectivity index (χ1n) is 9.67. The van der Waals surface area contributed by atoms with Crippen LogP contribution in [0.5, 0.6) is 5.75 Å². The summed E-state index contributed by atoms with van der Waals surface area (Å²) in [5, 5.41) is 1.03. The molecule has 5 nitrogen and oxygen atoms in total. The van der Waals surface area contributed by atoms with Crippen LogP contribution in [-0.4, -0.2) is 44.1 Å². The number of rotatable bonds is 3. The molecule has 1 aromatic heterocycles. The molecule has 0 radical (unpaired) electrons. The third-order valence-corrected chi connectivity index (χ3v) is 5.81. The lowest BCUT2D eigenvalue weighted by atomic mass is 10.0. The van der Waals surface area contributed by atoms with Gasteiger partial charge in [0.2, 0.25) is 0 Å². The second-order valence-electron chi connectivity index (χ2n) is 7.39. The number of furan rings is 1. The SMILES string of the molecule is COc1ccccc1N1CCN(C(=O)c2oc3c(C)c(C)ccc3c2C)CC1. The summed E-state index contributed by atoms with van der Waals surface area (Å²) < 4.78 is 11.5. The maximum Gasteiger partial charge on any atom is 0.290 e. The van der Waals surface area contributed by atoms with E-state index < -0.39 is 0 Å². The van der Waals surface area contributed by atoms with Crippen molar-refractivity contribution in [2.45, 2.75) is 20.8 Å². The molecule has 1 saturated heterocycles. The van der Waals surface area contributed by atoms with Gasteiger partial charge < -0.3 is 19.0 Å². The van der Waals surface area contributed by atoms with Crippen LogP contribution < -0.4 is 9.64 Å². The summed E-state index contributed by atoms with van der Waals surface area (Å²) in [4.78, 5) is 17.3. The molecule has 0 N–H and O–H groups in total. The van der Waals surface area contributed by atoms with Crippen LogP contribution in [0.15, 0.2) is 40.8 Å². The van der Waals surface area contributed by atoms with Crippen LogP contribution in [0.2, 0.25) is 0 Å². The summed E-state index contributed by atoms with van der Waals surface area (Å²) >= 11 is 0. The van der Waals surface area contributed by atoms with E-state index in [1.807, 2.05) is 43.0 Å². The number of carbonyl (C=O) groups is 1. The van der Waals surface area contributed by atoms with E-state index in [2.05, 4.69) is 24.0 Å². The zero-order valence-electron chi connectivity index (χ0n) is 16.9. The summed E-state index contributed by atoms with van der Waals surface area (Å²) in [6, 6.07) is 12.1. The molecule has 1 aliphatic heterocycles. The number of benzene rings is 2. The van der Waals surface area contributed by atoms with Crippen LogP contribution in [0.4, 0.5) is 5.69 Å². The molecule has 1 aliphatic rings. The Balaban J connectivity index is 1.54. The third-order valence-electron chi connectivity index (χ3n) is 5.81. The molecule has 1 fully saturated rings. The van der Waals surface area contributed by atoms with Gasteiger partial charge in [0.05, 0.1) is 12.8 Å². The van der Waals surface area contributed by atoms with Gasteiger partial charge in [-0.05, 0) is 44.0 Å². The molecule has 2 aromatic carbocycles. The molecule has 0 aliphatic carbocycles. The molecule has 5 heteroatoms. The van der Waals surface area contributed by atoms with Gasteiger partial charge in [-0.1, -0.05) is 24.3 Å². The minimum atomic E-state index is -0.0228. The Morgan fingerprint density at radius 2 is 1.68 bits per heavy atom. The van der Waals surface area contributed by atoms with E-state index in [0.717, 1.165) is 46.6 Å². The summed E-state index contributed by atoms with van der Waals surface area (Å²) in [6.07, 6.45) is 0. The lowest BCUT2D eigenvalue weighted by molar-refractivity contribution is 0.0716. The quantitative estimate of drug-likeness (QED) is 0.681. The van der Waals surface area contributed by atoms with E-state index in [9.17, 15) is 4.79 Å². The first kappa shape index (κ1) is 18.4. The second kappa shape index (κ2) is 7.23. The minimum absolute atomic E-state index is 0.0228. The van der Waals surface area contributed by atoms with E-state index >= 15 is 0 Å². The van der Waals surface area contributed by atoms with Crippen molar-refractivity contribution in [1.82, 2.24) is 4.90 Å². The predicted octanol–water partition coefficient (Wildman–Crippen LogP) is 4.33. The summed E-state index contributed by atoms with van der Waals surface area (Å²) in [6.45, 7) is 8.93. The van der Waals surface area contributed by atoms with Crippen molar-refractivity contribution < 1.29 is 13.9 Å². The number of hydrogen-bond acceptors (Lipinski definition) is 4. The Bertz CT molecular complexity index is 1030. The molecule has 0 saturated carbocycles. The Hall–Kier alpha value is -2.95. The Kier molecular flexibility index (Phi) is 4.75. The predicted molar refractivity (Wildman–Crippen MR) is 112 cm³/mol. The van der Waals surface area contributed by atoms with Crippen molar-refractivity contribution in [2.75, 3.05) is 38.2 Å². The summed E-state index contributed by atoms with van der Waals surface area (Å²) in [5.74, 6) is 1.31. The Morgan fingerprint density at radius 3 is 2.39 bits per heavy atom. The fraction of sp³-hybridized carbons (Fsp3) is 0.348. The second-order valence-corrected chi connectivity index (χ2v) is 7.39.